The highest BCUT2D eigenvalue weighted by Gasteiger charge is 2.37. The molecule has 1 N–H and O–H groups in total. The number of hydrogen-bond acceptors (Lipinski definition) is 8. The maximum Gasteiger partial charge on any atom is 0.383 e. The van der Waals surface area contributed by atoms with Crippen molar-refractivity contribution in [1.29, 1.82) is 0 Å². The van der Waals surface area contributed by atoms with E-state index in [-0.39, 0.29) is 35.1 Å². The van der Waals surface area contributed by atoms with Crippen LogP contribution in [-0.2, 0) is 13.6 Å². The van der Waals surface area contributed by atoms with E-state index in [1.807, 2.05) is 6.07 Å². The molecule has 0 radical (unpaired) electrons. The third-order valence-corrected chi connectivity index (χ3v) is 7.51. The van der Waals surface area contributed by atoms with Crippen LogP contribution in [0.2, 0.25) is 10.0 Å². The van der Waals surface area contributed by atoms with Crippen molar-refractivity contribution in [2.75, 3.05) is 19.8 Å². The summed E-state index contributed by atoms with van der Waals surface area (Å²) >= 11 is 12.0. The predicted molar refractivity (Wildman–Crippen MR) is 138 cm³/mol. The summed E-state index contributed by atoms with van der Waals surface area (Å²) in [6.07, 6.45) is 0. The number of benzene rings is 3. The summed E-state index contributed by atoms with van der Waals surface area (Å²) in [5, 5.41) is 13.7. The molecule has 0 saturated carbocycles. The summed E-state index contributed by atoms with van der Waals surface area (Å²) < 4.78 is 35.8. The van der Waals surface area contributed by atoms with Gasteiger partial charge in [-0.15, -0.1) is 0 Å². The number of halogens is 2. The van der Waals surface area contributed by atoms with Gasteiger partial charge < -0.3 is 23.7 Å². The van der Waals surface area contributed by atoms with E-state index in [4.69, 9.17) is 41.7 Å². The predicted octanol–water partition coefficient (Wildman–Crippen LogP) is 7.45. The molecule has 0 unspecified atom stereocenters. The Kier molecular flexibility index (Phi) is 9.93. The van der Waals surface area contributed by atoms with Gasteiger partial charge in [0, 0.05) is 11.6 Å². The van der Waals surface area contributed by atoms with Crippen LogP contribution in [0.3, 0.4) is 0 Å². The van der Waals surface area contributed by atoms with Gasteiger partial charge >= 0.3 is 7.60 Å². The summed E-state index contributed by atoms with van der Waals surface area (Å²) in [6, 6.07) is 17.9. The molecule has 0 atom stereocenters. The average Bonchev–Trinajstić information content (AvgIpc) is 2.86. The standard InChI is InChI=1S/C25H24Cl2NO7P/c1-3-33-36(31,34-4-2)25(28-30)19-11-8-12-23(35-17-9-6-5-7-10-17)24(19)22(29)16-32-18-13-14-20(26)21(27)15-18/h5-15,30H,3-4,16H2,1-2H3. The highest BCUT2D eigenvalue weighted by atomic mass is 35.5. The molecule has 0 bridgehead atoms. The lowest BCUT2D eigenvalue weighted by molar-refractivity contribution is 0.0919. The van der Waals surface area contributed by atoms with Crippen molar-refractivity contribution in [2.45, 2.75) is 13.8 Å². The van der Waals surface area contributed by atoms with E-state index in [9.17, 15) is 14.6 Å². The number of carbonyl (C=O) groups is 1. The molecule has 36 heavy (non-hydrogen) atoms. The van der Waals surface area contributed by atoms with Crippen molar-refractivity contribution < 1.29 is 33.1 Å². The molecule has 3 rings (SSSR count). The Labute approximate surface area is 218 Å². The molecule has 3 aromatic carbocycles. The molecule has 0 aliphatic rings. The SMILES string of the molecule is CCOP(=O)(OCC)C(=NO)c1cccc(Oc2ccccc2)c1C(=O)COc1ccc(Cl)c(Cl)c1. The second kappa shape index (κ2) is 12.9. The van der Waals surface area contributed by atoms with Crippen LogP contribution < -0.4 is 9.47 Å². The van der Waals surface area contributed by atoms with E-state index in [1.54, 1.807) is 62.4 Å². The number of nitrogens with zero attached hydrogens (tertiary/aromatic N) is 1. The monoisotopic (exact) mass is 551 g/mol. The van der Waals surface area contributed by atoms with Crippen molar-refractivity contribution in [2.24, 2.45) is 5.16 Å². The normalized spacial score (nSPS) is 11.8. The number of rotatable bonds is 12. The number of carbonyl (C=O) groups excluding carboxylic acids is 1. The zero-order valence-electron chi connectivity index (χ0n) is 19.5. The fourth-order valence-electron chi connectivity index (χ4n) is 3.25. The zero-order valence-corrected chi connectivity index (χ0v) is 21.9. The van der Waals surface area contributed by atoms with Gasteiger partial charge in [-0.05, 0) is 44.2 Å². The third kappa shape index (κ3) is 6.66. The number of oxime groups is 1. The van der Waals surface area contributed by atoms with Gasteiger partial charge in [0.05, 0.1) is 28.8 Å². The largest absolute Gasteiger partial charge is 0.485 e. The summed E-state index contributed by atoms with van der Waals surface area (Å²) in [5.74, 6) is 0.339. The Morgan fingerprint density at radius 1 is 0.917 bits per heavy atom. The maximum atomic E-state index is 13.5. The Morgan fingerprint density at radius 3 is 2.22 bits per heavy atom. The van der Waals surface area contributed by atoms with Crippen LogP contribution >= 0.6 is 30.8 Å². The lowest BCUT2D eigenvalue weighted by Gasteiger charge is -2.21. The Hall–Kier alpha value is -2.87. The molecule has 190 valence electrons. The van der Waals surface area contributed by atoms with E-state index < -0.39 is 25.4 Å². The second-order valence-electron chi connectivity index (χ2n) is 7.14. The van der Waals surface area contributed by atoms with Crippen molar-refractivity contribution in [3.05, 3.63) is 87.9 Å². The van der Waals surface area contributed by atoms with Crippen LogP contribution in [0.4, 0.5) is 0 Å². The highest BCUT2D eigenvalue weighted by Crippen LogP contribution is 2.52. The topological polar surface area (TPSA) is 104 Å². The van der Waals surface area contributed by atoms with Crippen molar-refractivity contribution in [1.82, 2.24) is 0 Å². The molecule has 3 aromatic rings. The van der Waals surface area contributed by atoms with E-state index in [2.05, 4.69) is 5.16 Å². The third-order valence-electron chi connectivity index (χ3n) is 4.73. The maximum absolute atomic E-state index is 13.5. The number of ketones is 1. The molecule has 0 fully saturated rings. The molecular weight excluding hydrogens is 528 g/mol. The molecule has 0 spiro atoms. The zero-order chi connectivity index (χ0) is 26.1. The van der Waals surface area contributed by atoms with Gasteiger partial charge in [-0.3, -0.25) is 9.36 Å². The summed E-state index contributed by atoms with van der Waals surface area (Å²) in [5.41, 5.74) is -0.449. The molecule has 0 amide bonds. The van der Waals surface area contributed by atoms with Crippen LogP contribution in [0.15, 0.2) is 71.9 Å². The van der Waals surface area contributed by atoms with E-state index in [0.717, 1.165) is 0 Å². The molecule has 0 aliphatic carbocycles. The van der Waals surface area contributed by atoms with Crippen LogP contribution in [0, 0.1) is 0 Å². The molecule has 0 aromatic heterocycles. The minimum Gasteiger partial charge on any atom is -0.485 e. The van der Waals surface area contributed by atoms with Gasteiger partial charge in [-0.25, -0.2) is 0 Å². The van der Waals surface area contributed by atoms with Gasteiger partial charge in [-0.2, -0.15) is 0 Å². The van der Waals surface area contributed by atoms with Crippen molar-refractivity contribution in [3.8, 4) is 17.2 Å². The van der Waals surface area contributed by atoms with Gasteiger partial charge in [0.15, 0.2) is 12.1 Å². The number of ether oxygens (including phenoxy) is 2. The van der Waals surface area contributed by atoms with E-state index in [0.29, 0.717) is 16.5 Å². The van der Waals surface area contributed by atoms with Crippen LogP contribution in [0.25, 0.3) is 0 Å². The van der Waals surface area contributed by atoms with Crippen LogP contribution in [0.1, 0.15) is 29.8 Å². The van der Waals surface area contributed by atoms with E-state index >= 15 is 0 Å². The molecule has 0 heterocycles. The smallest absolute Gasteiger partial charge is 0.383 e. The quantitative estimate of drug-likeness (QED) is 0.0818. The Balaban J connectivity index is 2.07. The Bertz CT molecular complexity index is 1270. The average molecular weight is 552 g/mol. The lowest BCUT2D eigenvalue weighted by atomic mass is 10.0. The van der Waals surface area contributed by atoms with Crippen molar-refractivity contribution in [3.63, 3.8) is 0 Å². The van der Waals surface area contributed by atoms with Crippen LogP contribution in [-0.4, -0.2) is 36.3 Å². The van der Waals surface area contributed by atoms with Crippen LogP contribution in [0.5, 0.6) is 17.2 Å². The second-order valence-corrected chi connectivity index (χ2v) is 9.89. The Morgan fingerprint density at radius 2 is 1.61 bits per heavy atom. The van der Waals surface area contributed by atoms with E-state index in [1.165, 1.54) is 12.1 Å². The minimum atomic E-state index is -4.09. The van der Waals surface area contributed by atoms with Gasteiger partial charge in [-0.1, -0.05) is 58.7 Å². The lowest BCUT2D eigenvalue weighted by Crippen LogP contribution is -2.19. The fourth-order valence-corrected chi connectivity index (χ4v) is 5.13. The molecule has 0 saturated heterocycles. The first-order valence-corrected chi connectivity index (χ1v) is 13.2. The summed E-state index contributed by atoms with van der Waals surface area (Å²) in [4.78, 5) is 13.5. The number of para-hydroxylation sites is 1. The minimum absolute atomic E-state index is 0.0129. The highest BCUT2D eigenvalue weighted by molar-refractivity contribution is 7.73. The fraction of sp³-hybridized carbons (Fsp3) is 0.200. The summed E-state index contributed by atoms with van der Waals surface area (Å²) in [7, 11) is -4.09. The number of Topliss-reactive ketones (excluding diaryl/α,β-unsaturated/α-hetero) is 1. The first-order valence-electron chi connectivity index (χ1n) is 10.9. The summed E-state index contributed by atoms with van der Waals surface area (Å²) in [6.45, 7) is 2.83. The first-order chi connectivity index (χ1) is 17.3. The molecule has 8 nitrogen and oxygen atoms in total. The van der Waals surface area contributed by atoms with Gasteiger partial charge in [0.25, 0.3) is 0 Å². The molecular formula is C25H24Cl2NO7P. The van der Waals surface area contributed by atoms with Gasteiger partial charge in [0.1, 0.15) is 17.2 Å². The number of hydrogen-bond donors (Lipinski definition) is 1. The van der Waals surface area contributed by atoms with Crippen molar-refractivity contribution >= 4 is 42.0 Å². The first kappa shape index (κ1) is 27.7. The van der Waals surface area contributed by atoms with Gasteiger partial charge in [0.2, 0.25) is 5.78 Å². The molecule has 0 aliphatic heterocycles. The molecule has 11 heteroatoms.